The van der Waals surface area contributed by atoms with E-state index in [9.17, 15) is 18.0 Å². The number of para-hydroxylation sites is 1. The summed E-state index contributed by atoms with van der Waals surface area (Å²) in [6, 6.07) is 10.8. The molecule has 26 heavy (non-hydrogen) atoms. The minimum atomic E-state index is -3.68. The molecule has 2 rings (SSSR count). The van der Waals surface area contributed by atoms with Gasteiger partial charge in [0.2, 0.25) is 10.0 Å². The fraction of sp³-hybridized carbons (Fsp3) is 0.222. The third-order valence-electron chi connectivity index (χ3n) is 3.79. The number of nitrogens with one attached hydrogen (secondary N) is 1. The van der Waals surface area contributed by atoms with Crippen molar-refractivity contribution in [3.8, 4) is 0 Å². The zero-order valence-corrected chi connectivity index (χ0v) is 15.8. The van der Waals surface area contributed by atoms with Crippen molar-refractivity contribution in [2.24, 2.45) is 0 Å². The Morgan fingerprint density at radius 3 is 2.35 bits per heavy atom. The number of aryl methyl sites for hydroxylation is 1. The Kier molecular flexibility index (Phi) is 5.79. The van der Waals surface area contributed by atoms with Crippen molar-refractivity contribution in [3.05, 3.63) is 59.2 Å². The summed E-state index contributed by atoms with van der Waals surface area (Å²) in [6.07, 6.45) is 0. The highest BCUT2D eigenvalue weighted by Gasteiger charge is 2.22. The zero-order valence-electron chi connectivity index (χ0n) is 14.9. The summed E-state index contributed by atoms with van der Waals surface area (Å²) in [6.45, 7) is 1.66. The maximum atomic E-state index is 12.6. The van der Waals surface area contributed by atoms with Crippen LogP contribution >= 0.6 is 0 Å². The molecular weight excluding hydrogens is 356 g/mol. The van der Waals surface area contributed by atoms with E-state index in [0.29, 0.717) is 5.56 Å². The number of carbonyl (C=O) groups is 2. The number of sulfonamides is 1. The average molecular weight is 376 g/mol. The SMILES string of the molecule is COC(=O)c1ccccc1NC(=O)c1ccc(C)c(S(=O)(=O)N(C)C)c1. The van der Waals surface area contributed by atoms with Gasteiger partial charge in [-0.2, -0.15) is 0 Å². The van der Waals surface area contributed by atoms with E-state index >= 15 is 0 Å². The monoisotopic (exact) mass is 376 g/mol. The van der Waals surface area contributed by atoms with Crippen molar-refractivity contribution in [1.82, 2.24) is 4.31 Å². The molecule has 0 bridgehead atoms. The lowest BCUT2D eigenvalue weighted by Crippen LogP contribution is -2.24. The summed E-state index contributed by atoms with van der Waals surface area (Å²) < 4.78 is 30.6. The third-order valence-corrected chi connectivity index (χ3v) is 5.75. The lowest BCUT2D eigenvalue weighted by Gasteiger charge is -2.15. The van der Waals surface area contributed by atoms with Gasteiger partial charge in [0.25, 0.3) is 5.91 Å². The zero-order chi connectivity index (χ0) is 19.5. The molecule has 0 saturated heterocycles. The maximum Gasteiger partial charge on any atom is 0.339 e. The molecule has 2 aromatic carbocycles. The van der Waals surface area contributed by atoms with E-state index in [2.05, 4.69) is 5.32 Å². The highest BCUT2D eigenvalue weighted by Crippen LogP contribution is 2.22. The molecule has 0 aliphatic rings. The van der Waals surface area contributed by atoms with E-state index in [1.807, 2.05) is 0 Å². The van der Waals surface area contributed by atoms with Gasteiger partial charge in [-0.3, -0.25) is 4.79 Å². The molecule has 0 fully saturated rings. The Labute approximate surface area is 152 Å². The summed E-state index contributed by atoms with van der Waals surface area (Å²) in [5, 5.41) is 2.62. The summed E-state index contributed by atoms with van der Waals surface area (Å²) in [4.78, 5) is 24.4. The second kappa shape index (κ2) is 7.67. The van der Waals surface area contributed by atoms with Crippen LogP contribution in [0.25, 0.3) is 0 Å². The molecule has 138 valence electrons. The Balaban J connectivity index is 2.40. The molecule has 0 aromatic heterocycles. The summed E-state index contributed by atoms with van der Waals surface area (Å²) in [5.74, 6) is -1.11. The quantitative estimate of drug-likeness (QED) is 0.808. The van der Waals surface area contributed by atoms with Gasteiger partial charge in [-0.05, 0) is 36.8 Å². The largest absolute Gasteiger partial charge is 0.465 e. The Morgan fingerprint density at radius 1 is 1.08 bits per heavy atom. The van der Waals surface area contributed by atoms with Crippen molar-refractivity contribution in [2.75, 3.05) is 26.5 Å². The first kappa shape index (κ1) is 19.6. The van der Waals surface area contributed by atoms with Crippen molar-refractivity contribution in [3.63, 3.8) is 0 Å². The molecule has 8 heteroatoms. The second-order valence-electron chi connectivity index (χ2n) is 5.76. The van der Waals surface area contributed by atoms with E-state index in [0.717, 1.165) is 4.31 Å². The molecule has 0 spiro atoms. The fourth-order valence-corrected chi connectivity index (χ4v) is 3.43. The van der Waals surface area contributed by atoms with E-state index in [1.54, 1.807) is 31.2 Å². The number of ether oxygens (including phenoxy) is 1. The molecule has 0 radical (unpaired) electrons. The molecule has 2 aromatic rings. The number of carbonyl (C=O) groups excluding carboxylic acids is 2. The number of nitrogens with zero attached hydrogens (tertiary/aromatic N) is 1. The molecule has 0 saturated carbocycles. The van der Waals surface area contributed by atoms with Crippen molar-refractivity contribution >= 4 is 27.6 Å². The van der Waals surface area contributed by atoms with Crippen LogP contribution in [0.1, 0.15) is 26.3 Å². The number of methoxy groups -OCH3 is 1. The van der Waals surface area contributed by atoms with Gasteiger partial charge in [-0.1, -0.05) is 18.2 Å². The first-order valence-electron chi connectivity index (χ1n) is 7.70. The minimum Gasteiger partial charge on any atom is -0.465 e. The molecule has 1 N–H and O–H groups in total. The van der Waals surface area contributed by atoms with E-state index < -0.39 is 21.9 Å². The van der Waals surface area contributed by atoms with E-state index in [1.165, 1.54) is 39.4 Å². The van der Waals surface area contributed by atoms with Gasteiger partial charge in [0.1, 0.15) is 0 Å². The van der Waals surface area contributed by atoms with Gasteiger partial charge < -0.3 is 10.1 Å². The minimum absolute atomic E-state index is 0.0522. The van der Waals surface area contributed by atoms with Crippen LogP contribution in [-0.4, -0.2) is 45.8 Å². The van der Waals surface area contributed by atoms with Crippen molar-refractivity contribution in [1.29, 1.82) is 0 Å². The molecule has 1 amide bonds. The predicted molar refractivity (Wildman–Crippen MR) is 97.8 cm³/mol. The average Bonchev–Trinajstić information content (AvgIpc) is 2.61. The van der Waals surface area contributed by atoms with Crippen LogP contribution in [0.5, 0.6) is 0 Å². The normalized spacial score (nSPS) is 11.3. The lowest BCUT2D eigenvalue weighted by molar-refractivity contribution is 0.0602. The van der Waals surface area contributed by atoms with Crippen LogP contribution in [0, 0.1) is 6.92 Å². The summed E-state index contributed by atoms with van der Waals surface area (Å²) >= 11 is 0. The Bertz CT molecular complexity index is 952. The molecule has 7 nitrogen and oxygen atoms in total. The number of amides is 1. The standard InChI is InChI=1S/C18H20N2O5S/c1-12-9-10-13(11-16(12)26(23,24)20(2)3)17(21)19-15-8-6-5-7-14(15)18(22)25-4/h5-11H,1-4H3,(H,19,21). The van der Waals surface area contributed by atoms with Crippen molar-refractivity contribution < 1.29 is 22.7 Å². The van der Waals surface area contributed by atoms with Gasteiger partial charge in [0.15, 0.2) is 0 Å². The van der Waals surface area contributed by atoms with E-state index in [4.69, 9.17) is 4.74 Å². The van der Waals surface area contributed by atoms with Crippen LogP contribution in [0.15, 0.2) is 47.4 Å². The van der Waals surface area contributed by atoms with Gasteiger partial charge in [-0.25, -0.2) is 17.5 Å². The van der Waals surface area contributed by atoms with E-state index in [-0.39, 0.29) is 21.7 Å². The molecule has 0 aliphatic carbocycles. The topological polar surface area (TPSA) is 92.8 Å². The van der Waals surface area contributed by atoms with Crippen LogP contribution < -0.4 is 5.32 Å². The molecule has 0 heterocycles. The first-order chi connectivity index (χ1) is 12.2. The highest BCUT2D eigenvalue weighted by molar-refractivity contribution is 7.89. The number of rotatable bonds is 5. The molecular formula is C18H20N2O5S. The molecule has 0 atom stereocenters. The van der Waals surface area contributed by atoms with Gasteiger partial charge in [0, 0.05) is 19.7 Å². The predicted octanol–water partition coefficient (Wildman–Crippen LogP) is 2.28. The van der Waals surface area contributed by atoms with Crippen LogP contribution in [0.4, 0.5) is 5.69 Å². The van der Waals surface area contributed by atoms with Gasteiger partial charge in [-0.15, -0.1) is 0 Å². The third kappa shape index (κ3) is 3.92. The maximum absolute atomic E-state index is 12.6. The Hall–Kier alpha value is -2.71. The fourth-order valence-electron chi connectivity index (χ4n) is 2.29. The van der Waals surface area contributed by atoms with Crippen LogP contribution in [0.3, 0.4) is 0 Å². The second-order valence-corrected chi connectivity index (χ2v) is 7.88. The Morgan fingerprint density at radius 2 is 1.73 bits per heavy atom. The summed E-state index contributed by atoms with van der Waals surface area (Å²) in [7, 11) is 0.416. The highest BCUT2D eigenvalue weighted by atomic mass is 32.2. The van der Waals surface area contributed by atoms with Gasteiger partial charge >= 0.3 is 5.97 Å². The smallest absolute Gasteiger partial charge is 0.339 e. The lowest BCUT2D eigenvalue weighted by atomic mass is 10.1. The first-order valence-corrected chi connectivity index (χ1v) is 9.14. The summed E-state index contributed by atoms with van der Waals surface area (Å²) in [5.41, 5.74) is 1.18. The molecule has 0 unspecified atom stereocenters. The number of hydrogen-bond acceptors (Lipinski definition) is 5. The molecule has 0 aliphatic heterocycles. The number of hydrogen-bond donors (Lipinski definition) is 1. The van der Waals surface area contributed by atoms with Gasteiger partial charge in [0.05, 0.1) is 23.3 Å². The number of benzene rings is 2. The number of esters is 1. The van der Waals surface area contributed by atoms with Crippen LogP contribution in [0.2, 0.25) is 0 Å². The number of anilines is 1. The van der Waals surface area contributed by atoms with Crippen molar-refractivity contribution in [2.45, 2.75) is 11.8 Å². The van der Waals surface area contributed by atoms with Crippen LogP contribution in [-0.2, 0) is 14.8 Å².